The molecule has 10 aromatic rings. The van der Waals surface area contributed by atoms with Gasteiger partial charge in [0.05, 0.1) is 31.0 Å². The SMILES string of the molecule is CC.CC.CC.CC.CC.CC.CC.CC.CC.CC.CC.CC.CC.CC.CC.CC.CC.CC.CC.CC.CC.CC.CC.CC.CC.CC.CC.CC.CC.CC.c1ccncc1.c1cn[nH]c1.c1cn[nH]n1.c1cn[nH]n1.c1cnoc1.c1nc[nH]n1.c1ncncn1.c1nn[nH]n1.c1nnco1.c1nncs1. The van der Waals surface area contributed by atoms with Gasteiger partial charge in [0.25, 0.3) is 0 Å². The van der Waals surface area contributed by atoms with Crippen LogP contribution in [0.25, 0.3) is 0 Å². The lowest BCUT2D eigenvalue weighted by Crippen LogP contribution is -1.73. The maximum Gasteiger partial charge on any atom is 0.203 e. The van der Waals surface area contributed by atoms with Crippen LogP contribution in [0.4, 0.5) is 0 Å². The molecule has 0 aliphatic carbocycles. The van der Waals surface area contributed by atoms with E-state index >= 15 is 0 Å². The molecule has 0 atom stereocenters. The summed E-state index contributed by atoms with van der Waals surface area (Å²) >= 11 is 1.49. The van der Waals surface area contributed by atoms with E-state index < -0.39 is 0 Å². The average Bonchev–Trinajstić information content (AvgIpc) is 2.50. The largest absolute Gasteiger partial charge is 0.431 e. The smallest absolute Gasteiger partial charge is 0.203 e. The Kier molecular flexibility index (Phi) is 999. The lowest BCUT2D eigenvalue weighted by Gasteiger charge is -1.70. The number of aromatic amines is 5. The maximum absolute atomic E-state index is 4.36. The molecule has 688 valence electrons. The number of rotatable bonds is 0. The van der Waals surface area contributed by atoms with Gasteiger partial charge in [0.2, 0.25) is 12.8 Å². The maximum atomic E-state index is 4.36. The summed E-state index contributed by atoms with van der Waals surface area (Å²) in [6, 6.07) is 9.27. The number of hydrogen-bond acceptors (Lipinski definition) is 22. The summed E-state index contributed by atoms with van der Waals surface area (Å²) in [7, 11) is 0. The van der Waals surface area contributed by atoms with Crippen molar-refractivity contribution in [1.82, 2.24) is 122 Å². The molecular weight excluding hydrogens is 1420 g/mol. The van der Waals surface area contributed by atoms with E-state index in [4.69, 9.17) is 0 Å². The van der Waals surface area contributed by atoms with Gasteiger partial charge >= 0.3 is 0 Å². The van der Waals surface area contributed by atoms with Gasteiger partial charge in [-0.3, -0.25) is 15.2 Å². The van der Waals surface area contributed by atoms with Gasteiger partial charge in [0.1, 0.15) is 48.9 Å². The van der Waals surface area contributed by atoms with Gasteiger partial charge in [-0.25, -0.2) is 19.9 Å². The van der Waals surface area contributed by atoms with Crippen molar-refractivity contribution in [3.63, 3.8) is 0 Å². The zero-order valence-corrected chi connectivity index (χ0v) is 87.5. The first kappa shape index (κ1) is 201. The van der Waals surface area contributed by atoms with E-state index in [0.717, 1.165) is 0 Å². The Balaban J connectivity index is -0.0000000223. The number of nitrogens with zero attached hydrogens (tertiary/aromatic N) is 19. The van der Waals surface area contributed by atoms with Crippen LogP contribution in [0, 0.1) is 0 Å². The van der Waals surface area contributed by atoms with Crippen LogP contribution in [-0.2, 0) is 0 Å². The first-order chi connectivity index (χ1) is 56.0. The highest BCUT2D eigenvalue weighted by molar-refractivity contribution is 7.07. The minimum Gasteiger partial charge on any atom is -0.431 e. The predicted octanol–water partition coefficient (Wildman–Crippen LogP) is 32.0. The first-order valence-electron chi connectivity index (χ1n) is 43.6. The molecule has 27 heteroatoms. The second-order valence-electron chi connectivity index (χ2n) is 6.95. The van der Waals surface area contributed by atoms with Crippen LogP contribution in [-0.4, -0.2) is 122 Å². The minimum atomic E-state index is 1.26. The van der Waals surface area contributed by atoms with Crippen molar-refractivity contribution in [1.29, 1.82) is 0 Å². The van der Waals surface area contributed by atoms with E-state index in [9.17, 15) is 0 Å². The topological polar surface area (TPSA) is 350 Å². The Labute approximate surface area is 708 Å². The molecule has 0 aromatic carbocycles. The molecule has 0 bridgehead atoms. The van der Waals surface area contributed by atoms with E-state index in [1.165, 1.54) is 68.4 Å². The molecule has 0 radical (unpaired) electrons. The molecule has 10 rings (SSSR count). The fourth-order valence-electron chi connectivity index (χ4n) is 1.81. The first-order valence-corrected chi connectivity index (χ1v) is 44.5. The van der Waals surface area contributed by atoms with Gasteiger partial charge in [-0.1, -0.05) is 432 Å². The van der Waals surface area contributed by atoms with E-state index in [2.05, 4.69) is 131 Å². The zero-order valence-electron chi connectivity index (χ0n) is 86.7. The van der Waals surface area contributed by atoms with E-state index in [1.54, 1.807) is 72.9 Å². The summed E-state index contributed by atoms with van der Waals surface area (Å²) in [5.41, 5.74) is 3.36. The third-order valence-electron chi connectivity index (χ3n) is 3.55. The van der Waals surface area contributed by atoms with Crippen molar-refractivity contribution >= 4 is 11.3 Å². The fourth-order valence-corrected chi connectivity index (χ4v) is 2.08. The molecule has 26 nitrogen and oxygen atoms in total. The van der Waals surface area contributed by atoms with E-state index in [0.29, 0.717) is 0 Å². The molecule has 0 saturated carbocycles. The average molecular weight is 1630 g/mol. The van der Waals surface area contributed by atoms with Gasteiger partial charge in [-0.15, -0.1) is 41.9 Å². The van der Waals surface area contributed by atoms with Crippen LogP contribution in [0.3, 0.4) is 0 Å². The van der Waals surface area contributed by atoms with Crippen molar-refractivity contribution in [2.24, 2.45) is 0 Å². The number of hydrogen-bond donors (Lipinski definition) is 5. The summed E-state index contributed by atoms with van der Waals surface area (Å²) in [6.07, 6.45) is 27.5. The monoisotopic (exact) mass is 1630 g/mol. The molecule has 0 amide bonds. The standard InChI is InChI=1S/C5H5N.C3H3N3.C3H4N2.C3H3NO.3C2H3N3.C2H2N2O.C2H2N2S.30C2H6.CH2N4/c1-2-4-6-5-3-1;1-4-2-6-3-5-1;2*1-2-4-5-3-1;1-3-2-5-4-1;2*1-2-4-5-3-1;2*1-3-4-2-5-1;30*1-2;1-2-4-5-3-1/h1-5H;1-3H;1-3H,(H,4,5);1-3H;3*1-2H,(H,3,4,5);2*1-2H;30*1-2H3;1H,(H,2,3,4,5). The van der Waals surface area contributed by atoms with Crippen LogP contribution >= 0.6 is 11.3 Å². The third-order valence-corrected chi connectivity index (χ3v) is 3.98. The Morgan fingerprint density at radius 3 is 0.616 bits per heavy atom. The number of nitrogens with one attached hydrogen (secondary N) is 5. The zero-order chi connectivity index (χ0) is 96.8. The molecular formula is C85H210N24O2S. The Hall–Kier alpha value is -8.23. The highest BCUT2D eigenvalue weighted by atomic mass is 32.1. The molecule has 10 heterocycles. The molecule has 112 heavy (non-hydrogen) atoms. The van der Waals surface area contributed by atoms with Crippen molar-refractivity contribution < 1.29 is 8.94 Å². The Morgan fingerprint density at radius 2 is 0.536 bits per heavy atom. The van der Waals surface area contributed by atoms with Crippen molar-refractivity contribution in [3.8, 4) is 0 Å². The van der Waals surface area contributed by atoms with Crippen LogP contribution in [0.2, 0.25) is 0 Å². The number of tetrazole rings is 1. The second-order valence-corrected chi connectivity index (χ2v) is 7.65. The number of aromatic nitrogens is 24. The van der Waals surface area contributed by atoms with Crippen molar-refractivity contribution in [3.05, 3.63) is 154 Å². The molecule has 5 N–H and O–H groups in total. The van der Waals surface area contributed by atoms with Crippen LogP contribution in [0.15, 0.2) is 163 Å². The summed E-state index contributed by atoms with van der Waals surface area (Å²) in [5.74, 6) is 0. The van der Waals surface area contributed by atoms with E-state index in [1.807, 2.05) is 440 Å². The summed E-state index contributed by atoms with van der Waals surface area (Å²) in [5, 5.41) is 60.0. The van der Waals surface area contributed by atoms with Gasteiger partial charge in [0.15, 0.2) is 6.33 Å². The van der Waals surface area contributed by atoms with E-state index in [-0.39, 0.29) is 0 Å². The minimum absolute atomic E-state index is 1.26. The molecule has 0 fully saturated rings. The summed E-state index contributed by atoms with van der Waals surface area (Å²) in [6.45, 7) is 120. The Morgan fingerprint density at radius 1 is 0.223 bits per heavy atom. The predicted molar refractivity (Wildman–Crippen MR) is 517 cm³/mol. The normalized spacial score (nSPS) is 5.32. The quantitative estimate of drug-likeness (QED) is 0.0941. The highest BCUT2D eigenvalue weighted by Crippen LogP contribution is 1.81. The van der Waals surface area contributed by atoms with Gasteiger partial charge in [-0.2, -0.15) is 46.2 Å². The lowest BCUT2D eigenvalue weighted by atomic mass is 10.5. The molecule has 0 aliphatic heterocycles. The fraction of sp³-hybridized carbons (Fsp3) is 0.706. The highest BCUT2D eigenvalue weighted by Gasteiger charge is 1.64. The second kappa shape index (κ2) is 556. The number of H-pyrrole nitrogens is 5. The molecule has 0 saturated heterocycles. The van der Waals surface area contributed by atoms with Gasteiger partial charge in [-0.05, 0) is 24.3 Å². The summed E-state index contributed by atoms with van der Waals surface area (Å²) in [4.78, 5) is 18.0. The van der Waals surface area contributed by atoms with Crippen LogP contribution < -0.4 is 0 Å². The molecule has 0 spiro atoms. The van der Waals surface area contributed by atoms with Crippen molar-refractivity contribution in [2.75, 3.05) is 0 Å². The summed E-state index contributed by atoms with van der Waals surface area (Å²) < 4.78 is 8.69. The van der Waals surface area contributed by atoms with Gasteiger partial charge < -0.3 is 8.94 Å². The van der Waals surface area contributed by atoms with Crippen LogP contribution in [0.5, 0.6) is 0 Å². The lowest BCUT2D eigenvalue weighted by molar-refractivity contribution is 0.420. The third kappa shape index (κ3) is 539. The van der Waals surface area contributed by atoms with Gasteiger partial charge in [0, 0.05) is 24.8 Å². The van der Waals surface area contributed by atoms with Crippen LogP contribution in [0.1, 0.15) is 415 Å². The Bertz CT molecular complexity index is 1260. The van der Waals surface area contributed by atoms with Crippen molar-refractivity contribution in [2.45, 2.75) is 415 Å². The molecule has 0 aliphatic rings. The molecule has 0 unspecified atom stereocenters. The molecule has 10 aromatic heterocycles. The number of pyridine rings is 1.